The first kappa shape index (κ1) is 10.4. The molecule has 0 aromatic carbocycles. The molecular weight excluding hydrogens is 170 g/mol. The van der Waals surface area contributed by atoms with Crippen LogP contribution >= 0.6 is 11.8 Å². The third-order valence-corrected chi connectivity index (χ3v) is 3.27. The van der Waals surface area contributed by atoms with E-state index in [9.17, 15) is 5.11 Å². The van der Waals surface area contributed by atoms with Gasteiger partial charge in [-0.25, -0.2) is 0 Å². The summed E-state index contributed by atoms with van der Waals surface area (Å²) in [5.74, 6) is 2.08. The van der Waals surface area contributed by atoms with Gasteiger partial charge in [-0.15, -0.1) is 0 Å². The minimum Gasteiger partial charge on any atom is -0.378 e. The van der Waals surface area contributed by atoms with Gasteiger partial charge in [0.2, 0.25) is 0 Å². The van der Waals surface area contributed by atoms with Crippen molar-refractivity contribution >= 4 is 11.8 Å². The lowest BCUT2D eigenvalue weighted by Gasteiger charge is -2.31. The molecule has 0 amide bonds. The first-order valence-electron chi connectivity index (χ1n) is 4.84. The second-order valence-corrected chi connectivity index (χ2v) is 4.45. The van der Waals surface area contributed by atoms with Gasteiger partial charge in [0.25, 0.3) is 0 Å². The summed E-state index contributed by atoms with van der Waals surface area (Å²) in [6.07, 6.45) is 3.61. The number of unbranched alkanes of at least 4 members (excludes halogenated alkanes) is 2. The topological polar surface area (TPSA) is 23.5 Å². The number of aliphatic hydroxyl groups excluding tert-OH is 1. The van der Waals surface area contributed by atoms with Crippen molar-refractivity contribution in [2.75, 3.05) is 24.6 Å². The molecule has 0 spiro atoms. The zero-order chi connectivity index (χ0) is 8.81. The van der Waals surface area contributed by atoms with E-state index >= 15 is 0 Å². The number of rotatable bonds is 4. The second kappa shape index (κ2) is 5.84. The van der Waals surface area contributed by atoms with Crippen molar-refractivity contribution in [2.24, 2.45) is 0 Å². The number of thioether (sulfide) groups is 1. The molecule has 1 aliphatic rings. The molecule has 1 atom stereocenters. The zero-order valence-electron chi connectivity index (χ0n) is 7.83. The van der Waals surface area contributed by atoms with Crippen LogP contribution in [0.15, 0.2) is 0 Å². The molecule has 12 heavy (non-hydrogen) atoms. The van der Waals surface area contributed by atoms with E-state index < -0.39 is 0 Å². The summed E-state index contributed by atoms with van der Waals surface area (Å²) in [5, 5.41) is 9.57. The van der Waals surface area contributed by atoms with Gasteiger partial charge in [0.15, 0.2) is 0 Å². The van der Waals surface area contributed by atoms with E-state index in [0.717, 1.165) is 18.8 Å². The molecule has 3 heteroatoms. The average molecular weight is 189 g/mol. The van der Waals surface area contributed by atoms with Crippen LogP contribution in [-0.2, 0) is 0 Å². The summed E-state index contributed by atoms with van der Waals surface area (Å²) in [7, 11) is 0. The Morgan fingerprint density at radius 2 is 2.33 bits per heavy atom. The molecule has 1 fully saturated rings. The van der Waals surface area contributed by atoms with Gasteiger partial charge in [0.1, 0.15) is 6.23 Å². The van der Waals surface area contributed by atoms with Crippen molar-refractivity contribution in [3.63, 3.8) is 0 Å². The fraction of sp³-hybridized carbons (Fsp3) is 1.00. The van der Waals surface area contributed by atoms with E-state index in [-0.39, 0.29) is 6.23 Å². The van der Waals surface area contributed by atoms with E-state index in [1.54, 1.807) is 0 Å². The Balaban J connectivity index is 2.11. The lowest BCUT2D eigenvalue weighted by Crippen LogP contribution is -2.42. The van der Waals surface area contributed by atoms with Gasteiger partial charge in [-0.2, -0.15) is 11.8 Å². The summed E-state index contributed by atoms with van der Waals surface area (Å²) in [5.41, 5.74) is 0. The highest BCUT2D eigenvalue weighted by atomic mass is 32.2. The highest BCUT2D eigenvalue weighted by Gasteiger charge is 2.18. The van der Waals surface area contributed by atoms with Crippen LogP contribution in [0.1, 0.15) is 26.2 Å². The van der Waals surface area contributed by atoms with Gasteiger partial charge in [-0.1, -0.05) is 19.8 Å². The lowest BCUT2D eigenvalue weighted by atomic mass is 10.2. The number of hydrogen-bond donors (Lipinski definition) is 1. The quantitative estimate of drug-likeness (QED) is 0.679. The first-order chi connectivity index (χ1) is 5.84. The molecule has 1 saturated heterocycles. The van der Waals surface area contributed by atoms with Crippen LogP contribution in [0.3, 0.4) is 0 Å². The predicted octanol–water partition coefficient (Wildman–Crippen LogP) is 1.54. The van der Waals surface area contributed by atoms with Gasteiger partial charge in [0.05, 0.1) is 0 Å². The highest BCUT2D eigenvalue weighted by molar-refractivity contribution is 7.99. The Morgan fingerprint density at radius 3 is 3.00 bits per heavy atom. The van der Waals surface area contributed by atoms with Crippen LogP contribution in [0.2, 0.25) is 0 Å². The Morgan fingerprint density at radius 1 is 1.50 bits per heavy atom. The normalized spacial score (nSPS) is 26.0. The van der Waals surface area contributed by atoms with Crippen LogP contribution in [0, 0.1) is 0 Å². The van der Waals surface area contributed by atoms with Gasteiger partial charge in [-0.3, -0.25) is 4.90 Å². The third kappa shape index (κ3) is 3.33. The molecule has 0 saturated carbocycles. The Labute approximate surface area is 79.3 Å². The molecule has 72 valence electrons. The second-order valence-electron chi connectivity index (χ2n) is 3.30. The molecular formula is C9H19NOS. The number of hydrogen-bond acceptors (Lipinski definition) is 3. The van der Waals surface area contributed by atoms with Gasteiger partial charge < -0.3 is 5.11 Å². The maximum Gasteiger partial charge on any atom is 0.116 e. The molecule has 2 nitrogen and oxygen atoms in total. The molecule has 1 unspecified atom stereocenters. The van der Waals surface area contributed by atoms with E-state index in [4.69, 9.17) is 0 Å². The monoisotopic (exact) mass is 189 g/mol. The van der Waals surface area contributed by atoms with Crippen molar-refractivity contribution in [3.05, 3.63) is 0 Å². The summed E-state index contributed by atoms with van der Waals surface area (Å²) in [6.45, 7) is 4.35. The zero-order valence-corrected chi connectivity index (χ0v) is 8.65. The Hall–Kier alpha value is 0.270. The summed E-state index contributed by atoms with van der Waals surface area (Å²) in [6, 6.07) is 0. The standard InChI is InChI=1S/C9H19NOS/c1-2-3-4-5-10-6-7-12-8-9(10)11/h9,11H,2-8H2,1H3. The molecule has 1 aliphatic heterocycles. The van der Waals surface area contributed by atoms with E-state index in [1.165, 1.54) is 25.0 Å². The molecule has 0 aliphatic carbocycles. The average Bonchev–Trinajstić information content (AvgIpc) is 2.09. The third-order valence-electron chi connectivity index (χ3n) is 2.26. The number of aliphatic hydroxyl groups is 1. The molecule has 1 rings (SSSR count). The van der Waals surface area contributed by atoms with Crippen LogP contribution in [-0.4, -0.2) is 40.8 Å². The molecule has 0 aromatic heterocycles. The molecule has 1 heterocycles. The summed E-state index contributed by atoms with van der Waals surface area (Å²) < 4.78 is 0. The lowest BCUT2D eigenvalue weighted by molar-refractivity contribution is 0.0221. The Kier molecular flexibility index (Phi) is 5.04. The van der Waals surface area contributed by atoms with Crippen molar-refractivity contribution in [1.29, 1.82) is 0 Å². The fourth-order valence-corrected chi connectivity index (χ4v) is 2.40. The van der Waals surface area contributed by atoms with E-state index in [0.29, 0.717) is 0 Å². The maximum atomic E-state index is 9.57. The maximum absolute atomic E-state index is 9.57. The SMILES string of the molecule is CCCCCN1CCSCC1O. The number of nitrogens with zero attached hydrogens (tertiary/aromatic N) is 1. The van der Waals surface area contributed by atoms with Gasteiger partial charge in [-0.05, 0) is 6.42 Å². The first-order valence-corrected chi connectivity index (χ1v) is 6.00. The summed E-state index contributed by atoms with van der Waals surface area (Å²) in [4.78, 5) is 2.20. The largest absolute Gasteiger partial charge is 0.378 e. The van der Waals surface area contributed by atoms with Crippen LogP contribution in [0.4, 0.5) is 0 Å². The van der Waals surface area contributed by atoms with E-state index in [1.807, 2.05) is 11.8 Å². The predicted molar refractivity (Wildman–Crippen MR) is 54.4 cm³/mol. The van der Waals surface area contributed by atoms with Gasteiger partial charge >= 0.3 is 0 Å². The fourth-order valence-electron chi connectivity index (χ4n) is 1.45. The minimum atomic E-state index is -0.180. The van der Waals surface area contributed by atoms with Crippen LogP contribution < -0.4 is 0 Å². The Bertz CT molecular complexity index is 121. The summed E-state index contributed by atoms with van der Waals surface area (Å²) >= 11 is 1.85. The smallest absolute Gasteiger partial charge is 0.116 e. The van der Waals surface area contributed by atoms with Crippen LogP contribution in [0.5, 0.6) is 0 Å². The van der Waals surface area contributed by atoms with Crippen molar-refractivity contribution in [1.82, 2.24) is 4.90 Å². The highest BCUT2D eigenvalue weighted by Crippen LogP contribution is 2.14. The molecule has 1 N–H and O–H groups in total. The molecule has 0 aromatic rings. The van der Waals surface area contributed by atoms with E-state index in [2.05, 4.69) is 11.8 Å². The van der Waals surface area contributed by atoms with Crippen molar-refractivity contribution < 1.29 is 5.11 Å². The van der Waals surface area contributed by atoms with Crippen LogP contribution in [0.25, 0.3) is 0 Å². The minimum absolute atomic E-state index is 0.180. The van der Waals surface area contributed by atoms with Crippen molar-refractivity contribution in [3.8, 4) is 0 Å². The molecule has 0 bridgehead atoms. The van der Waals surface area contributed by atoms with Gasteiger partial charge in [0, 0.05) is 24.6 Å². The molecule has 0 radical (unpaired) electrons. The van der Waals surface area contributed by atoms with Crippen molar-refractivity contribution in [2.45, 2.75) is 32.4 Å².